The zero-order valence-corrected chi connectivity index (χ0v) is 8.17. The molecule has 62 valence electrons. The van der Waals surface area contributed by atoms with E-state index in [9.17, 15) is 4.21 Å². The molecule has 1 heterocycles. The monoisotopic (exact) mass is 189 g/mol. The molecule has 1 atom stereocenters. The van der Waals surface area contributed by atoms with Gasteiger partial charge in [0.05, 0.1) is 0 Å². The first-order valence-electron chi connectivity index (χ1n) is 3.41. The Morgan fingerprint density at radius 2 is 2.36 bits per heavy atom. The summed E-state index contributed by atoms with van der Waals surface area (Å²) in [6.45, 7) is 3.96. The molecular formula is C7H11NOS2. The van der Waals surface area contributed by atoms with Crippen LogP contribution in [0.15, 0.2) is 21.7 Å². The summed E-state index contributed by atoms with van der Waals surface area (Å²) >= 11 is 1.51. The molecule has 11 heavy (non-hydrogen) atoms. The van der Waals surface area contributed by atoms with E-state index in [1.165, 1.54) is 11.3 Å². The van der Waals surface area contributed by atoms with Crippen LogP contribution in [0, 0.1) is 0 Å². The Bertz CT molecular complexity index is 231. The average Bonchev–Trinajstić information content (AvgIpc) is 2.35. The lowest BCUT2D eigenvalue weighted by molar-refractivity contribution is 0.657. The Labute approximate surface area is 73.2 Å². The highest BCUT2D eigenvalue weighted by Gasteiger charge is 2.04. The van der Waals surface area contributed by atoms with E-state index in [1.54, 1.807) is 0 Å². The minimum absolute atomic E-state index is 0.262. The average molecular weight is 189 g/mol. The first-order valence-corrected chi connectivity index (χ1v) is 5.44. The summed E-state index contributed by atoms with van der Waals surface area (Å²) in [5, 5.41) is 1.93. The van der Waals surface area contributed by atoms with Crippen LogP contribution < -0.4 is 4.72 Å². The van der Waals surface area contributed by atoms with Crippen LogP contribution in [0.4, 0.5) is 0 Å². The van der Waals surface area contributed by atoms with E-state index in [0.29, 0.717) is 0 Å². The number of thiophene rings is 1. The lowest BCUT2D eigenvalue weighted by Gasteiger charge is -2.04. The predicted molar refractivity (Wildman–Crippen MR) is 49.0 cm³/mol. The minimum Gasteiger partial charge on any atom is -0.237 e. The number of hydrogen-bond acceptors (Lipinski definition) is 2. The zero-order chi connectivity index (χ0) is 8.27. The topological polar surface area (TPSA) is 29.1 Å². The number of nitrogens with one attached hydrogen (secondary N) is 1. The molecule has 1 rings (SSSR count). The van der Waals surface area contributed by atoms with Gasteiger partial charge in [0.1, 0.15) is 15.2 Å². The van der Waals surface area contributed by atoms with Crippen molar-refractivity contribution in [2.24, 2.45) is 0 Å². The van der Waals surface area contributed by atoms with Crippen LogP contribution in [-0.4, -0.2) is 10.3 Å². The summed E-state index contributed by atoms with van der Waals surface area (Å²) < 4.78 is 15.1. The normalized spacial score (nSPS) is 13.7. The third kappa shape index (κ3) is 2.73. The van der Waals surface area contributed by atoms with E-state index in [1.807, 2.05) is 31.4 Å². The smallest absolute Gasteiger partial charge is 0.135 e. The Hall–Kier alpha value is -0.190. The fourth-order valence-corrected chi connectivity index (χ4v) is 2.50. The molecule has 0 fully saturated rings. The summed E-state index contributed by atoms with van der Waals surface area (Å²) in [4.78, 5) is 0. The van der Waals surface area contributed by atoms with Gasteiger partial charge < -0.3 is 0 Å². The molecule has 0 amide bonds. The first kappa shape index (κ1) is 8.90. The summed E-state index contributed by atoms with van der Waals surface area (Å²) in [6, 6.07) is 4.04. The molecule has 0 aliphatic carbocycles. The van der Waals surface area contributed by atoms with Crippen LogP contribution in [-0.2, 0) is 11.0 Å². The maximum atomic E-state index is 11.3. The van der Waals surface area contributed by atoms with Gasteiger partial charge in [-0.3, -0.25) is 0 Å². The second kappa shape index (κ2) is 3.99. The Kier molecular flexibility index (Phi) is 3.23. The molecule has 1 N–H and O–H groups in total. The highest BCUT2D eigenvalue weighted by molar-refractivity contribution is 7.85. The van der Waals surface area contributed by atoms with Crippen LogP contribution in [0.25, 0.3) is 0 Å². The van der Waals surface area contributed by atoms with Crippen LogP contribution in [0.1, 0.15) is 13.8 Å². The largest absolute Gasteiger partial charge is 0.237 e. The summed E-state index contributed by atoms with van der Waals surface area (Å²) in [7, 11) is -1.01. The maximum Gasteiger partial charge on any atom is 0.135 e. The van der Waals surface area contributed by atoms with Crippen molar-refractivity contribution in [3.05, 3.63) is 17.5 Å². The molecule has 0 aliphatic rings. The quantitative estimate of drug-likeness (QED) is 0.771. The lowest BCUT2D eigenvalue weighted by atomic mass is 10.4. The van der Waals surface area contributed by atoms with Gasteiger partial charge in [0.2, 0.25) is 0 Å². The highest BCUT2D eigenvalue weighted by atomic mass is 32.2. The van der Waals surface area contributed by atoms with E-state index < -0.39 is 11.0 Å². The summed E-state index contributed by atoms with van der Waals surface area (Å²) in [5.41, 5.74) is 0. The van der Waals surface area contributed by atoms with Gasteiger partial charge in [-0.2, -0.15) is 0 Å². The van der Waals surface area contributed by atoms with E-state index in [0.717, 1.165) is 4.21 Å². The van der Waals surface area contributed by atoms with E-state index in [4.69, 9.17) is 0 Å². The maximum absolute atomic E-state index is 11.3. The second-order valence-electron chi connectivity index (χ2n) is 2.47. The fourth-order valence-electron chi connectivity index (χ4n) is 0.641. The molecule has 1 aromatic heterocycles. The van der Waals surface area contributed by atoms with E-state index in [2.05, 4.69) is 4.72 Å². The SMILES string of the molecule is CC(C)NS(=O)c1cccs1. The molecule has 0 aliphatic heterocycles. The van der Waals surface area contributed by atoms with Crippen LogP contribution in [0.5, 0.6) is 0 Å². The molecule has 4 heteroatoms. The van der Waals surface area contributed by atoms with Gasteiger partial charge in [0.25, 0.3) is 0 Å². The number of hydrogen-bond donors (Lipinski definition) is 1. The first-order chi connectivity index (χ1) is 5.20. The van der Waals surface area contributed by atoms with Crippen LogP contribution >= 0.6 is 11.3 Å². The van der Waals surface area contributed by atoms with Crippen LogP contribution in [0.3, 0.4) is 0 Å². The predicted octanol–water partition coefficient (Wildman–Crippen LogP) is 1.77. The van der Waals surface area contributed by atoms with Crippen molar-refractivity contribution >= 4 is 22.3 Å². The van der Waals surface area contributed by atoms with Crippen molar-refractivity contribution in [3.63, 3.8) is 0 Å². The second-order valence-corrected chi connectivity index (χ2v) is 4.89. The molecule has 0 bridgehead atoms. The Morgan fingerprint density at radius 3 is 2.82 bits per heavy atom. The summed E-state index contributed by atoms with van der Waals surface area (Å²) in [5.74, 6) is 0. The van der Waals surface area contributed by atoms with Crippen molar-refractivity contribution in [1.82, 2.24) is 4.72 Å². The van der Waals surface area contributed by atoms with Gasteiger partial charge in [-0.25, -0.2) is 8.93 Å². The van der Waals surface area contributed by atoms with Gasteiger partial charge in [0, 0.05) is 6.04 Å². The highest BCUT2D eigenvalue weighted by Crippen LogP contribution is 2.12. The fraction of sp³-hybridized carbons (Fsp3) is 0.429. The molecule has 1 unspecified atom stereocenters. The van der Waals surface area contributed by atoms with Crippen molar-refractivity contribution in [2.75, 3.05) is 0 Å². The van der Waals surface area contributed by atoms with Crippen molar-refractivity contribution in [2.45, 2.75) is 24.1 Å². The molecule has 0 saturated carbocycles. The van der Waals surface area contributed by atoms with Gasteiger partial charge >= 0.3 is 0 Å². The molecule has 0 radical (unpaired) electrons. The summed E-state index contributed by atoms with van der Waals surface area (Å²) in [6.07, 6.45) is 0. The molecular weight excluding hydrogens is 178 g/mol. The van der Waals surface area contributed by atoms with E-state index >= 15 is 0 Å². The minimum atomic E-state index is -1.01. The van der Waals surface area contributed by atoms with Gasteiger partial charge in [-0.15, -0.1) is 11.3 Å². The molecule has 2 nitrogen and oxygen atoms in total. The third-order valence-electron chi connectivity index (χ3n) is 1.02. The van der Waals surface area contributed by atoms with Crippen molar-refractivity contribution in [3.8, 4) is 0 Å². The molecule has 0 spiro atoms. The van der Waals surface area contributed by atoms with E-state index in [-0.39, 0.29) is 6.04 Å². The van der Waals surface area contributed by atoms with Crippen LogP contribution in [0.2, 0.25) is 0 Å². The Morgan fingerprint density at radius 1 is 1.64 bits per heavy atom. The van der Waals surface area contributed by atoms with Crippen molar-refractivity contribution in [1.29, 1.82) is 0 Å². The standard InChI is InChI=1S/C7H11NOS2/c1-6(2)8-11(9)7-4-3-5-10-7/h3-6,8H,1-2H3. The molecule has 1 aromatic rings. The molecule has 0 saturated heterocycles. The molecule has 0 aromatic carbocycles. The van der Waals surface area contributed by atoms with Gasteiger partial charge in [0.15, 0.2) is 0 Å². The lowest BCUT2D eigenvalue weighted by Crippen LogP contribution is -2.24. The van der Waals surface area contributed by atoms with Gasteiger partial charge in [-0.1, -0.05) is 6.07 Å². The van der Waals surface area contributed by atoms with Gasteiger partial charge in [-0.05, 0) is 25.3 Å². The Balaban J connectivity index is 2.57. The zero-order valence-electron chi connectivity index (χ0n) is 6.53. The third-order valence-corrected chi connectivity index (χ3v) is 3.61. The van der Waals surface area contributed by atoms with Crippen molar-refractivity contribution < 1.29 is 4.21 Å². The number of rotatable bonds is 3.